The van der Waals surface area contributed by atoms with Crippen molar-refractivity contribution >= 4 is 5.91 Å². The van der Waals surface area contributed by atoms with Crippen molar-refractivity contribution in [3.63, 3.8) is 0 Å². The quantitative estimate of drug-likeness (QED) is 0.459. The Balaban J connectivity index is 2.72. The fraction of sp³-hybridized carbons (Fsp3) is 0.857. The van der Waals surface area contributed by atoms with Gasteiger partial charge in [-0.3, -0.25) is 4.79 Å². The van der Waals surface area contributed by atoms with Crippen molar-refractivity contribution in [1.29, 1.82) is 0 Å². The first-order valence-electron chi connectivity index (χ1n) is 3.92. The van der Waals surface area contributed by atoms with Crippen LogP contribution in [0.3, 0.4) is 0 Å². The van der Waals surface area contributed by atoms with Crippen molar-refractivity contribution in [1.82, 2.24) is 0 Å². The molecule has 0 heterocycles. The molecule has 1 fully saturated rings. The zero-order valence-electron chi connectivity index (χ0n) is 6.55. The van der Waals surface area contributed by atoms with Crippen LogP contribution in [0.15, 0.2) is 0 Å². The van der Waals surface area contributed by atoms with E-state index in [0.717, 1.165) is 19.3 Å². The molecule has 0 spiro atoms. The summed E-state index contributed by atoms with van der Waals surface area (Å²) in [7, 11) is 0. The van der Waals surface area contributed by atoms with Gasteiger partial charge in [0.2, 0.25) is 5.91 Å². The Kier molecular flexibility index (Phi) is 2.15. The van der Waals surface area contributed by atoms with E-state index in [-0.39, 0.29) is 6.04 Å². The highest BCUT2D eigenvalue weighted by Crippen LogP contribution is 2.24. The van der Waals surface area contributed by atoms with Crippen LogP contribution in [-0.4, -0.2) is 17.5 Å². The first-order chi connectivity index (χ1) is 5.07. The molecular weight excluding hydrogens is 142 g/mol. The van der Waals surface area contributed by atoms with Crippen molar-refractivity contribution in [2.75, 3.05) is 0 Å². The molecule has 1 aliphatic carbocycles. The van der Waals surface area contributed by atoms with Crippen molar-refractivity contribution in [2.45, 2.75) is 37.3 Å². The number of hydrogen-bond acceptors (Lipinski definition) is 3. The molecule has 1 saturated carbocycles. The molecule has 0 aromatic heterocycles. The summed E-state index contributed by atoms with van der Waals surface area (Å²) < 4.78 is 0. The van der Waals surface area contributed by atoms with Crippen LogP contribution < -0.4 is 17.2 Å². The average molecular weight is 157 g/mol. The van der Waals surface area contributed by atoms with E-state index in [2.05, 4.69) is 0 Å². The van der Waals surface area contributed by atoms with Gasteiger partial charge < -0.3 is 17.2 Å². The molecule has 0 aromatic carbocycles. The van der Waals surface area contributed by atoms with E-state index in [9.17, 15) is 4.79 Å². The second kappa shape index (κ2) is 2.79. The fourth-order valence-electron chi connectivity index (χ4n) is 1.53. The lowest BCUT2D eigenvalue weighted by atomic mass is 9.78. The molecule has 0 aromatic rings. The molecule has 1 aliphatic rings. The van der Waals surface area contributed by atoms with Crippen LogP contribution in [-0.2, 0) is 4.79 Å². The smallest absolute Gasteiger partial charge is 0.239 e. The first-order valence-corrected chi connectivity index (χ1v) is 3.92. The highest BCUT2D eigenvalue weighted by atomic mass is 16.1. The van der Waals surface area contributed by atoms with Gasteiger partial charge in [-0.05, 0) is 12.8 Å². The average Bonchev–Trinajstić information content (AvgIpc) is 1.95. The summed E-state index contributed by atoms with van der Waals surface area (Å²) >= 11 is 0. The van der Waals surface area contributed by atoms with Gasteiger partial charge in [-0.2, -0.15) is 0 Å². The molecule has 6 N–H and O–H groups in total. The predicted molar refractivity (Wildman–Crippen MR) is 42.6 cm³/mol. The molecule has 1 amide bonds. The van der Waals surface area contributed by atoms with Crippen LogP contribution in [0.5, 0.6) is 0 Å². The summed E-state index contributed by atoms with van der Waals surface area (Å²) in [5.41, 5.74) is 15.6. The largest absolute Gasteiger partial charge is 0.368 e. The minimum atomic E-state index is -0.946. The van der Waals surface area contributed by atoms with Crippen molar-refractivity contribution in [3.05, 3.63) is 0 Å². The van der Waals surface area contributed by atoms with Crippen LogP contribution in [0.1, 0.15) is 25.7 Å². The summed E-state index contributed by atoms with van der Waals surface area (Å²) in [5.74, 6) is -0.468. The summed E-state index contributed by atoms with van der Waals surface area (Å²) in [6, 6.07) is -0.256. The number of amides is 1. The minimum Gasteiger partial charge on any atom is -0.368 e. The summed E-state index contributed by atoms with van der Waals surface area (Å²) in [5, 5.41) is 0. The lowest BCUT2D eigenvalue weighted by molar-refractivity contribution is -0.124. The van der Waals surface area contributed by atoms with Gasteiger partial charge in [0.25, 0.3) is 0 Å². The standard InChI is InChI=1S/C7H15N3O/c8-5-3-1-2-4-7(5,10)6(9)11/h5H,1-4,8,10H2,(H2,9,11)/t5-,7+/m1/s1. The SMILES string of the molecule is NC(=O)[C@]1(N)CCCC[C@H]1N. The number of carbonyl (C=O) groups is 1. The lowest BCUT2D eigenvalue weighted by Crippen LogP contribution is -2.64. The van der Waals surface area contributed by atoms with Gasteiger partial charge in [0, 0.05) is 6.04 Å². The van der Waals surface area contributed by atoms with Gasteiger partial charge in [0.15, 0.2) is 0 Å². The van der Waals surface area contributed by atoms with E-state index in [1.54, 1.807) is 0 Å². The van der Waals surface area contributed by atoms with E-state index in [1.807, 2.05) is 0 Å². The maximum atomic E-state index is 10.9. The van der Waals surface area contributed by atoms with E-state index >= 15 is 0 Å². The van der Waals surface area contributed by atoms with Gasteiger partial charge in [0.1, 0.15) is 5.54 Å². The van der Waals surface area contributed by atoms with E-state index in [1.165, 1.54) is 0 Å². The molecule has 0 bridgehead atoms. The molecule has 11 heavy (non-hydrogen) atoms. The zero-order valence-corrected chi connectivity index (χ0v) is 6.55. The maximum Gasteiger partial charge on any atom is 0.239 e. The van der Waals surface area contributed by atoms with Gasteiger partial charge >= 0.3 is 0 Å². The number of primary amides is 1. The molecule has 4 nitrogen and oxygen atoms in total. The maximum absolute atomic E-state index is 10.9. The highest BCUT2D eigenvalue weighted by Gasteiger charge is 2.39. The Morgan fingerprint density at radius 3 is 2.45 bits per heavy atom. The van der Waals surface area contributed by atoms with E-state index < -0.39 is 11.4 Å². The molecule has 4 heteroatoms. The Morgan fingerprint density at radius 2 is 2.09 bits per heavy atom. The summed E-state index contributed by atoms with van der Waals surface area (Å²) in [6.07, 6.45) is 3.43. The third kappa shape index (κ3) is 1.36. The Labute approximate surface area is 66.1 Å². The molecule has 0 radical (unpaired) electrons. The Bertz CT molecular complexity index is 171. The summed E-state index contributed by atoms with van der Waals surface area (Å²) in [6.45, 7) is 0. The Hall–Kier alpha value is -0.610. The zero-order chi connectivity index (χ0) is 8.48. The van der Waals surface area contributed by atoms with Crippen LogP contribution in [0, 0.1) is 0 Å². The molecule has 1 rings (SSSR count). The number of hydrogen-bond donors (Lipinski definition) is 3. The van der Waals surface area contributed by atoms with Crippen LogP contribution >= 0.6 is 0 Å². The predicted octanol–water partition coefficient (Wildman–Crippen LogP) is -0.929. The van der Waals surface area contributed by atoms with E-state index in [4.69, 9.17) is 17.2 Å². The number of nitrogens with two attached hydrogens (primary N) is 3. The van der Waals surface area contributed by atoms with Gasteiger partial charge in [-0.1, -0.05) is 12.8 Å². The number of carbonyl (C=O) groups excluding carboxylic acids is 1. The second-order valence-corrected chi connectivity index (χ2v) is 3.26. The van der Waals surface area contributed by atoms with Crippen molar-refractivity contribution in [2.24, 2.45) is 17.2 Å². The minimum absolute atomic E-state index is 0.256. The molecule has 2 atom stereocenters. The number of rotatable bonds is 1. The fourth-order valence-corrected chi connectivity index (χ4v) is 1.53. The molecule has 0 saturated heterocycles. The van der Waals surface area contributed by atoms with Crippen LogP contribution in [0.25, 0.3) is 0 Å². The highest BCUT2D eigenvalue weighted by molar-refractivity contribution is 5.85. The van der Waals surface area contributed by atoms with Crippen LogP contribution in [0.4, 0.5) is 0 Å². The van der Waals surface area contributed by atoms with E-state index in [0.29, 0.717) is 6.42 Å². The van der Waals surface area contributed by atoms with Gasteiger partial charge in [-0.15, -0.1) is 0 Å². The van der Waals surface area contributed by atoms with Gasteiger partial charge in [0.05, 0.1) is 0 Å². The topological polar surface area (TPSA) is 95.1 Å². The monoisotopic (exact) mass is 157 g/mol. The normalized spacial score (nSPS) is 38.5. The lowest BCUT2D eigenvalue weighted by Gasteiger charge is -2.35. The molecular formula is C7H15N3O. The second-order valence-electron chi connectivity index (χ2n) is 3.26. The van der Waals surface area contributed by atoms with Crippen molar-refractivity contribution in [3.8, 4) is 0 Å². The molecule has 64 valence electrons. The molecule has 0 unspecified atom stereocenters. The first kappa shape index (κ1) is 8.49. The molecule has 0 aliphatic heterocycles. The third-order valence-electron chi connectivity index (χ3n) is 2.48. The van der Waals surface area contributed by atoms with Gasteiger partial charge in [-0.25, -0.2) is 0 Å². The summed E-state index contributed by atoms with van der Waals surface area (Å²) in [4.78, 5) is 10.9. The van der Waals surface area contributed by atoms with Crippen molar-refractivity contribution < 1.29 is 4.79 Å². The van der Waals surface area contributed by atoms with Crippen LogP contribution in [0.2, 0.25) is 0 Å². The Morgan fingerprint density at radius 1 is 1.45 bits per heavy atom. The third-order valence-corrected chi connectivity index (χ3v) is 2.48.